The molecule has 0 unspecified atom stereocenters. The van der Waals surface area contributed by atoms with E-state index in [9.17, 15) is 0 Å². The van der Waals surface area contributed by atoms with Crippen molar-refractivity contribution in [2.75, 3.05) is 0 Å². The van der Waals surface area contributed by atoms with Crippen molar-refractivity contribution >= 4 is 11.5 Å². The van der Waals surface area contributed by atoms with Gasteiger partial charge in [0.1, 0.15) is 10.8 Å². The molecule has 1 aromatic rings. The summed E-state index contributed by atoms with van der Waals surface area (Å²) in [7, 11) is 0. The zero-order chi connectivity index (χ0) is 7.90. The fourth-order valence-electron chi connectivity index (χ4n) is 1.40. The summed E-state index contributed by atoms with van der Waals surface area (Å²) in [4.78, 5) is 4.42. The highest BCUT2D eigenvalue weighted by molar-refractivity contribution is 7.05. The fourth-order valence-corrected chi connectivity index (χ4v) is 1.98. The van der Waals surface area contributed by atoms with Gasteiger partial charge in [0.2, 0.25) is 0 Å². The number of hydrogen-bond acceptors (Lipinski definition) is 3. The number of nitrogens with zero attached hydrogens (tertiary/aromatic N) is 2. The standard InChI is InChI=1S/C8H12N2S/c1-3-8(4-5-8)7-9-6(2)11-10-7/h3-5H2,1-2H3. The van der Waals surface area contributed by atoms with E-state index in [-0.39, 0.29) is 0 Å². The summed E-state index contributed by atoms with van der Waals surface area (Å²) < 4.78 is 4.35. The Kier molecular flexibility index (Phi) is 1.49. The summed E-state index contributed by atoms with van der Waals surface area (Å²) in [6, 6.07) is 0. The van der Waals surface area contributed by atoms with Gasteiger partial charge in [0.25, 0.3) is 0 Å². The normalized spacial score (nSPS) is 20.2. The Balaban J connectivity index is 2.29. The molecule has 0 atom stereocenters. The van der Waals surface area contributed by atoms with Crippen molar-refractivity contribution in [3.05, 3.63) is 10.8 Å². The lowest BCUT2D eigenvalue weighted by Gasteiger charge is -2.04. The highest BCUT2D eigenvalue weighted by Gasteiger charge is 2.45. The molecule has 0 bridgehead atoms. The number of aromatic nitrogens is 2. The van der Waals surface area contributed by atoms with E-state index in [4.69, 9.17) is 0 Å². The van der Waals surface area contributed by atoms with Crippen LogP contribution in [0.1, 0.15) is 37.0 Å². The number of rotatable bonds is 2. The van der Waals surface area contributed by atoms with Crippen LogP contribution >= 0.6 is 11.5 Å². The molecular weight excluding hydrogens is 156 g/mol. The monoisotopic (exact) mass is 168 g/mol. The fraction of sp³-hybridized carbons (Fsp3) is 0.750. The van der Waals surface area contributed by atoms with E-state index in [1.54, 1.807) is 0 Å². The zero-order valence-corrected chi connectivity index (χ0v) is 7.74. The molecule has 60 valence electrons. The molecule has 0 saturated heterocycles. The van der Waals surface area contributed by atoms with Gasteiger partial charge in [-0.15, -0.1) is 0 Å². The van der Waals surface area contributed by atoms with Crippen LogP contribution in [0.4, 0.5) is 0 Å². The molecule has 11 heavy (non-hydrogen) atoms. The van der Waals surface area contributed by atoms with Gasteiger partial charge >= 0.3 is 0 Å². The van der Waals surface area contributed by atoms with Crippen LogP contribution in [0.5, 0.6) is 0 Å². The molecule has 3 heteroatoms. The molecule has 0 N–H and O–H groups in total. The predicted molar refractivity (Wildman–Crippen MR) is 45.8 cm³/mol. The minimum absolute atomic E-state index is 0.394. The second-order valence-electron chi connectivity index (χ2n) is 3.27. The topological polar surface area (TPSA) is 25.8 Å². The van der Waals surface area contributed by atoms with Gasteiger partial charge in [0, 0.05) is 5.41 Å². The molecule has 1 fully saturated rings. The molecule has 1 saturated carbocycles. The summed E-state index contributed by atoms with van der Waals surface area (Å²) in [6.07, 6.45) is 3.78. The predicted octanol–water partition coefficient (Wildman–Crippen LogP) is 2.29. The Hall–Kier alpha value is -0.440. The molecule has 0 aromatic carbocycles. The Labute approximate surface area is 70.8 Å². The van der Waals surface area contributed by atoms with Crippen molar-refractivity contribution in [2.45, 2.75) is 38.5 Å². The van der Waals surface area contributed by atoms with Crippen molar-refractivity contribution < 1.29 is 0 Å². The summed E-state index contributed by atoms with van der Waals surface area (Å²) in [5.74, 6) is 1.10. The first-order chi connectivity index (χ1) is 5.27. The Bertz CT molecular complexity index is 263. The summed E-state index contributed by atoms with van der Waals surface area (Å²) >= 11 is 1.53. The molecule has 0 amide bonds. The quantitative estimate of drug-likeness (QED) is 0.677. The lowest BCUT2D eigenvalue weighted by molar-refractivity contribution is 0.624. The van der Waals surface area contributed by atoms with E-state index < -0.39 is 0 Å². The molecular formula is C8H12N2S. The van der Waals surface area contributed by atoms with Gasteiger partial charge in [-0.25, -0.2) is 4.98 Å². The van der Waals surface area contributed by atoms with Crippen LogP contribution < -0.4 is 0 Å². The van der Waals surface area contributed by atoms with E-state index in [0.717, 1.165) is 10.8 Å². The molecule has 1 aromatic heterocycles. The van der Waals surface area contributed by atoms with E-state index in [0.29, 0.717) is 5.41 Å². The van der Waals surface area contributed by atoms with Crippen LogP contribution in [-0.4, -0.2) is 9.36 Å². The van der Waals surface area contributed by atoms with Crippen molar-refractivity contribution in [1.82, 2.24) is 9.36 Å². The third kappa shape index (κ3) is 1.07. The van der Waals surface area contributed by atoms with Gasteiger partial charge in [-0.3, -0.25) is 0 Å². The first-order valence-corrected chi connectivity index (χ1v) is 4.85. The maximum Gasteiger partial charge on any atom is 0.148 e. The Morgan fingerprint density at radius 1 is 1.55 bits per heavy atom. The van der Waals surface area contributed by atoms with E-state index >= 15 is 0 Å². The highest BCUT2D eigenvalue weighted by atomic mass is 32.1. The molecule has 0 radical (unpaired) electrons. The highest BCUT2D eigenvalue weighted by Crippen LogP contribution is 2.49. The summed E-state index contributed by atoms with van der Waals surface area (Å²) in [5, 5.41) is 1.10. The number of hydrogen-bond donors (Lipinski definition) is 0. The summed E-state index contributed by atoms with van der Waals surface area (Å²) in [5.41, 5.74) is 0.394. The molecule has 2 rings (SSSR count). The third-order valence-electron chi connectivity index (χ3n) is 2.53. The third-order valence-corrected chi connectivity index (χ3v) is 3.15. The largest absolute Gasteiger partial charge is 0.224 e. The van der Waals surface area contributed by atoms with Crippen LogP contribution in [-0.2, 0) is 5.41 Å². The molecule has 2 nitrogen and oxygen atoms in total. The van der Waals surface area contributed by atoms with Crippen molar-refractivity contribution in [3.63, 3.8) is 0 Å². The van der Waals surface area contributed by atoms with E-state index in [1.807, 2.05) is 6.92 Å². The van der Waals surface area contributed by atoms with E-state index in [2.05, 4.69) is 16.3 Å². The van der Waals surface area contributed by atoms with Gasteiger partial charge in [-0.05, 0) is 37.7 Å². The van der Waals surface area contributed by atoms with Gasteiger partial charge in [0.15, 0.2) is 0 Å². The average Bonchev–Trinajstić information content (AvgIpc) is 2.70. The average molecular weight is 168 g/mol. The molecule has 0 aliphatic heterocycles. The van der Waals surface area contributed by atoms with E-state index in [1.165, 1.54) is 30.8 Å². The maximum atomic E-state index is 4.42. The first kappa shape index (κ1) is 7.22. The van der Waals surface area contributed by atoms with Crippen molar-refractivity contribution in [3.8, 4) is 0 Å². The second kappa shape index (κ2) is 2.27. The van der Waals surface area contributed by atoms with Crippen LogP contribution in [0.3, 0.4) is 0 Å². The van der Waals surface area contributed by atoms with Crippen LogP contribution in [0, 0.1) is 6.92 Å². The smallest absolute Gasteiger partial charge is 0.148 e. The van der Waals surface area contributed by atoms with Crippen LogP contribution in [0.2, 0.25) is 0 Å². The SMILES string of the molecule is CCC1(c2nsc(C)n2)CC1. The minimum Gasteiger partial charge on any atom is -0.224 e. The van der Waals surface area contributed by atoms with Crippen LogP contribution in [0.15, 0.2) is 0 Å². The molecule has 1 aliphatic rings. The minimum atomic E-state index is 0.394. The lowest BCUT2D eigenvalue weighted by Crippen LogP contribution is -2.06. The zero-order valence-electron chi connectivity index (χ0n) is 6.92. The summed E-state index contributed by atoms with van der Waals surface area (Å²) in [6.45, 7) is 4.25. The molecule has 1 aliphatic carbocycles. The van der Waals surface area contributed by atoms with Gasteiger partial charge < -0.3 is 0 Å². The van der Waals surface area contributed by atoms with Gasteiger partial charge in [-0.2, -0.15) is 4.37 Å². The second-order valence-corrected chi connectivity index (χ2v) is 4.23. The maximum absolute atomic E-state index is 4.42. The molecule has 0 spiro atoms. The van der Waals surface area contributed by atoms with Crippen molar-refractivity contribution in [2.24, 2.45) is 0 Å². The van der Waals surface area contributed by atoms with Gasteiger partial charge in [-0.1, -0.05) is 6.92 Å². The lowest BCUT2D eigenvalue weighted by atomic mass is 10.0. The number of aryl methyl sites for hydroxylation is 1. The van der Waals surface area contributed by atoms with Crippen LogP contribution in [0.25, 0.3) is 0 Å². The first-order valence-electron chi connectivity index (χ1n) is 4.08. The van der Waals surface area contributed by atoms with Gasteiger partial charge in [0.05, 0.1) is 0 Å². The Morgan fingerprint density at radius 2 is 2.27 bits per heavy atom. The molecule has 1 heterocycles. The van der Waals surface area contributed by atoms with Crippen molar-refractivity contribution in [1.29, 1.82) is 0 Å². The Morgan fingerprint density at radius 3 is 2.64 bits per heavy atom.